The number of hydrogen-bond acceptors (Lipinski definition) is 4. The summed E-state index contributed by atoms with van der Waals surface area (Å²) in [5.74, 6) is -0.281. The maximum Gasteiger partial charge on any atom is 0.283 e. The molecule has 0 saturated heterocycles. The van der Waals surface area contributed by atoms with Gasteiger partial charge in [-0.3, -0.25) is 10.2 Å². The summed E-state index contributed by atoms with van der Waals surface area (Å²) in [5.41, 5.74) is 6.86. The number of aliphatic imine (C=N–C) groups is 1. The van der Waals surface area contributed by atoms with Gasteiger partial charge in [-0.05, 0) is 81.1 Å². The number of para-hydroxylation sites is 1. The van der Waals surface area contributed by atoms with Gasteiger partial charge < -0.3 is 4.57 Å². The SMILES string of the molecule is CCCCCCC1=NN2C(=N)/C(=C\c3cc(C)n(-c4c(C)cccc4C)c3C)C(=O)N=C2S1. The molecule has 2 aliphatic rings. The number of carbonyl (C=O) groups is 1. The van der Waals surface area contributed by atoms with E-state index in [1.54, 1.807) is 6.08 Å². The summed E-state index contributed by atoms with van der Waals surface area (Å²) in [4.78, 5) is 17.1. The third-order valence-corrected chi connectivity index (χ3v) is 7.14. The molecule has 33 heavy (non-hydrogen) atoms. The van der Waals surface area contributed by atoms with Crippen molar-refractivity contribution < 1.29 is 4.79 Å². The Balaban J connectivity index is 1.64. The molecule has 0 unspecified atom stereocenters. The molecule has 1 N–H and O–H groups in total. The maximum atomic E-state index is 12.8. The van der Waals surface area contributed by atoms with Gasteiger partial charge in [0.05, 0.1) is 11.3 Å². The van der Waals surface area contributed by atoms with Crippen LogP contribution in [-0.4, -0.2) is 31.5 Å². The number of nitrogens with zero attached hydrogens (tertiary/aromatic N) is 4. The second kappa shape index (κ2) is 9.51. The highest BCUT2D eigenvalue weighted by atomic mass is 32.2. The van der Waals surface area contributed by atoms with Gasteiger partial charge >= 0.3 is 0 Å². The molecule has 0 spiro atoms. The monoisotopic (exact) mass is 461 g/mol. The number of amides is 1. The second-order valence-corrected chi connectivity index (χ2v) is 9.77. The van der Waals surface area contributed by atoms with Gasteiger partial charge in [-0.2, -0.15) is 15.1 Å². The Morgan fingerprint density at radius 2 is 1.82 bits per heavy atom. The highest BCUT2D eigenvalue weighted by molar-refractivity contribution is 8.26. The van der Waals surface area contributed by atoms with E-state index in [0.29, 0.717) is 5.17 Å². The molecular formula is C26H31N5OS. The normalized spacial score (nSPS) is 17.0. The Morgan fingerprint density at radius 1 is 1.09 bits per heavy atom. The fourth-order valence-electron chi connectivity index (χ4n) is 4.43. The van der Waals surface area contributed by atoms with E-state index in [2.05, 4.69) is 73.5 Å². The number of rotatable bonds is 7. The summed E-state index contributed by atoms with van der Waals surface area (Å²) < 4.78 is 2.22. The van der Waals surface area contributed by atoms with E-state index in [1.807, 2.05) is 0 Å². The summed E-state index contributed by atoms with van der Waals surface area (Å²) in [6.45, 7) is 10.5. The molecule has 3 heterocycles. The number of aromatic nitrogens is 1. The van der Waals surface area contributed by atoms with E-state index in [4.69, 9.17) is 5.41 Å². The van der Waals surface area contributed by atoms with Crippen LogP contribution in [0.1, 0.15) is 67.1 Å². The Morgan fingerprint density at radius 3 is 2.52 bits per heavy atom. The van der Waals surface area contributed by atoms with Crippen LogP contribution in [-0.2, 0) is 4.79 Å². The van der Waals surface area contributed by atoms with E-state index < -0.39 is 0 Å². The predicted octanol–water partition coefficient (Wildman–Crippen LogP) is 6.30. The number of hydrogen-bond donors (Lipinski definition) is 1. The van der Waals surface area contributed by atoms with Crippen LogP contribution in [0.15, 0.2) is 39.9 Å². The van der Waals surface area contributed by atoms with Crippen LogP contribution in [0.2, 0.25) is 0 Å². The number of fused-ring (bicyclic) bond motifs is 1. The lowest BCUT2D eigenvalue weighted by Crippen LogP contribution is -2.35. The first-order valence-electron chi connectivity index (χ1n) is 11.6. The number of amidine groups is 2. The van der Waals surface area contributed by atoms with Crippen molar-refractivity contribution in [1.29, 1.82) is 5.41 Å². The molecule has 172 valence electrons. The number of nitrogens with one attached hydrogen (secondary N) is 1. The molecule has 0 bridgehead atoms. The standard InChI is InChI=1S/C26H31N5OS/c1-6-7-8-9-13-22-29-31-24(27)21(25(32)28-26(31)33-22)15-20-14-18(4)30(19(20)5)23-16(2)11-10-12-17(23)3/h10-12,14-15,27H,6-9,13H2,1-5H3/b21-15+,27-24?. The largest absolute Gasteiger partial charge is 0.317 e. The van der Waals surface area contributed by atoms with Crippen LogP contribution in [0.5, 0.6) is 0 Å². The number of benzene rings is 1. The van der Waals surface area contributed by atoms with E-state index in [0.717, 1.165) is 40.5 Å². The van der Waals surface area contributed by atoms with Crippen molar-refractivity contribution >= 4 is 39.8 Å². The van der Waals surface area contributed by atoms with Crippen molar-refractivity contribution in [3.05, 3.63) is 57.9 Å². The number of carbonyl (C=O) groups excluding carboxylic acids is 1. The van der Waals surface area contributed by atoms with Crippen molar-refractivity contribution in [2.75, 3.05) is 0 Å². The van der Waals surface area contributed by atoms with E-state index >= 15 is 0 Å². The zero-order valence-corrected chi connectivity index (χ0v) is 20.8. The maximum absolute atomic E-state index is 12.8. The average molecular weight is 462 g/mol. The topological polar surface area (TPSA) is 73.8 Å². The number of thioether (sulfide) groups is 1. The quantitative estimate of drug-likeness (QED) is 0.388. The lowest BCUT2D eigenvalue weighted by Gasteiger charge is -2.20. The first-order valence-corrected chi connectivity index (χ1v) is 12.4. The molecule has 0 radical (unpaired) electrons. The predicted molar refractivity (Wildman–Crippen MR) is 138 cm³/mol. The highest BCUT2D eigenvalue weighted by Crippen LogP contribution is 2.32. The van der Waals surface area contributed by atoms with Gasteiger partial charge in [0.2, 0.25) is 5.17 Å². The van der Waals surface area contributed by atoms with Gasteiger partial charge in [0.1, 0.15) is 5.04 Å². The van der Waals surface area contributed by atoms with Crippen LogP contribution >= 0.6 is 11.8 Å². The van der Waals surface area contributed by atoms with Crippen molar-refractivity contribution in [2.45, 2.75) is 66.7 Å². The zero-order chi connectivity index (χ0) is 23.7. The Bertz CT molecular complexity index is 1200. The summed E-state index contributed by atoms with van der Waals surface area (Å²) >= 11 is 1.41. The van der Waals surface area contributed by atoms with Crippen LogP contribution in [0.25, 0.3) is 11.8 Å². The highest BCUT2D eigenvalue weighted by Gasteiger charge is 2.35. The molecule has 4 rings (SSSR count). The minimum atomic E-state index is -0.377. The number of aryl methyl sites for hydroxylation is 3. The minimum absolute atomic E-state index is 0.0953. The number of unbranched alkanes of at least 4 members (excludes halogenated alkanes) is 3. The molecule has 1 aromatic carbocycles. The van der Waals surface area contributed by atoms with Gasteiger partial charge in [-0.1, -0.05) is 44.4 Å². The molecule has 2 aliphatic heterocycles. The van der Waals surface area contributed by atoms with Crippen molar-refractivity contribution in [3.63, 3.8) is 0 Å². The lowest BCUT2D eigenvalue weighted by molar-refractivity contribution is -0.114. The third-order valence-electron chi connectivity index (χ3n) is 6.17. The van der Waals surface area contributed by atoms with Crippen molar-refractivity contribution in [1.82, 2.24) is 9.58 Å². The summed E-state index contributed by atoms with van der Waals surface area (Å²) in [6.07, 6.45) is 7.28. The third kappa shape index (κ3) is 4.47. The zero-order valence-electron chi connectivity index (χ0n) is 20.0. The molecule has 2 aromatic rings. The number of hydrazone groups is 1. The Hall–Kier alpha value is -2.93. The van der Waals surface area contributed by atoms with Gasteiger partial charge in [0.25, 0.3) is 5.91 Å². The van der Waals surface area contributed by atoms with Gasteiger partial charge in [-0.15, -0.1) is 0 Å². The van der Waals surface area contributed by atoms with E-state index in [1.165, 1.54) is 47.2 Å². The summed E-state index contributed by atoms with van der Waals surface area (Å²) in [5, 5.41) is 16.2. The van der Waals surface area contributed by atoms with E-state index in [9.17, 15) is 4.79 Å². The lowest BCUT2D eigenvalue weighted by atomic mass is 10.1. The molecule has 1 amide bonds. The Labute approximate surface area is 200 Å². The first kappa shape index (κ1) is 23.2. The second-order valence-electron chi connectivity index (χ2n) is 8.73. The fourth-order valence-corrected chi connectivity index (χ4v) is 5.35. The molecule has 0 saturated carbocycles. The van der Waals surface area contributed by atoms with E-state index in [-0.39, 0.29) is 17.3 Å². The molecule has 0 fully saturated rings. The smallest absolute Gasteiger partial charge is 0.283 e. The summed E-state index contributed by atoms with van der Waals surface area (Å²) in [7, 11) is 0. The molecule has 0 atom stereocenters. The van der Waals surface area contributed by atoms with Gasteiger partial charge in [-0.25, -0.2) is 0 Å². The molecule has 6 nitrogen and oxygen atoms in total. The molecule has 1 aromatic heterocycles. The van der Waals surface area contributed by atoms with Crippen LogP contribution < -0.4 is 0 Å². The van der Waals surface area contributed by atoms with Crippen LogP contribution in [0.4, 0.5) is 0 Å². The van der Waals surface area contributed by atoms with Crippen molar-refractivity contribution in [2.24, 2.45) is 10.1 Å². The first-order chi connectivity index (χ1) is 15.8. The minimum Gasteiger partial charge on any atom is -0.317 e. The Kier molecular flexibility index (Phi) is 6.70. The van der Waals surface area contributed by atoms with Crippen LogP contribution in [0, 0.1) is 33.1 Å². The van der Waals surface area contributed by atoms with Crippen LogP contribution in [0.3, 0.4) is 0 Å². The molecule has 0 aliphatic carbocycles. The summed E-state index contributed by atoms with van der Waals surface area (Å²) in [6, 6.07) is 8.35. The molecule has 7 heteroatoms. The van der Waals surface area contributed by atoms with Gasteiger partial charge in [0, 0.05) is 11.4 Å². The molecular weight excluding hydrogens is 430 g/mol. The van der Waals surface area contributed by atoms with Crippen molar-refractivity contribution in [3.8, 4) is 5.69 Å². The average Bonchev–Trinajstić information content (AvgIpc) is 3.29. The fraction of sp³-hybridized carbons (Fsp3) is 0.385. The van der Waals surface area contributed by atoms with Gasteiger partial charge in [0.15, 0.2) is 5.84 Å².